The van der Waals surface area contributed by atoms with Crippen molar-refractivity contribution in [2.75, 3.05) is 13.1 Å². The van der Waals surface area contributed by atoms with Gasteiger partial charge < -0.3 is 10.6 Å². The van der Waals surface area contributed by atoms with Crippen LogP contribution in [-0.2, 0) is 0 Å². The first kappa shape index (κ1) is 6.08. The van der Waals surface area contributed by atoms with Crippen LogP contribution in [0.5, 0.6) is 0 Å². The maximum atomic E-state index is 3.42. The summed E-state index contributed by atoms with van der Waals surface area (Å²) in [4.78, 5) is 0. The SMILES string of the molecule is C1=C2NCCCC2CCN1. The van der Waals surface area contributed by atoms with Crippen LogP contribution in [0, 0.1) is 5.92 Å². The molecular weight excluding hydrogens is 124 g/mol. The van der Waals surface area contributed by atoms with Crippen molar-refractivity contribution >= 4 is 0 Å². The summed E-state index contributed by atoms with van der Waals surface area (Å²) in [6, 6.07) is 0. The van der Waals surface area contributed by atoms with Crippen molar-refractivity contribution in [1.82, 2.24) is 10.6 Å². The molecule has 10 heavy (non-hydrogen) atoms. The van der Waals surface area contributed by atoms with Gasteiger partial charge in [0.05, 0.1) is 0 Å². The van der Waals surface area contributed by atoms with Gasteiger partial charge in [-0.15, -0.1) is 0 Å². The third-order valence-corrected chi connectivity index (χ3v) is 2.39. The lowest BCUT2D eigenvalue weighted by Crippen LogP contribution is -2.34. The Bertz CT molecular complexity index is 151. The topological polar surface area (TPSA) is 24.1 Å². The smallest absolute Gasteiger partial charge is 0.0298 e. The second-order valence-corrected chi connectivity index (χ2v) is 3.11. The van der Waals surface area contributed by atoms with E-state index in [1.54, 1.807) is 0 Å². The number of piperidine rings is 1. The average molecular weight is 138 g/mol. The van der Waals surface area contributed by atoms with Crippen LogP contribution in [0.2, 0.25) is 0 Å². The van der Waals surface area contributed by atoms with Gasteiger partial charge in [0.2, 0.25) is 0 Å². The molecule has 2 heterocycles. The molecule has 1 saturated heterocycles. The summed E-state index contributed by atoms with van der Waals surface area (Å²) >= 11 is 0. The lowest BCUT2D eigenvalue weighted by Gasteiger charge is -2.30. The third kappa shape index (κ3) is 0.981. The molecule has 2 heteroatoms. The molecule has 2 rings (SSSR count). The second-order valence-electron chi connectivity index (χ2n) is 3.11. The molecule has 0 aromatic heterocycles. The van der Waals surface area contributed by atoms with Crippen LogP contribution in [0.25, 0.3) is 0 Å². The fraction of sp³-hybridized carbons (Fsp3) is 0.750. The third-order valence-electron chi connectivity index (χ3n) is 2.39. The van der Waals surface area contributed by atoms with E-state index in [0.29, 0.717) is 0 Å². The van der Waals surface area contributed by atoms with Crippen LogP contribution in [0.4, 0.5) is 0 Å². The van der Waals surface area contributed by atoms with E-state index in [1.807, 2.05) is 0 Å². The highest BCUT2D eigenvalue weighted by Gasteiger charge is 2.19. The van der Waals surface area contributed by atoms with E-state index in [4.69, 9.17) is 0 Å². The largest absolute Gasteiger partial charge is 0.389 e. The summed E-state index contributed by atoms with van der Waals surface area (Å²) in [5.41, 5.74) is 1.44. The van der Waals surface area contributed by atoms with Crippen LogP contribution in [0.3, 0.4) is 0 Å². The summed E-state index contributed by atoms with van der Waals surface area (Å²) in [6.45, 7) is 2.33. The molecule has 0 aromatic carbocycles. The maximum Gasteiger partial charge on any atom is 0.0298 e. The van der Waals surface area contributed by atoms with Gasteiger partial charge >= 0.3 is 0 Å². The molecule has 0 aliphatic carbocycles. The predicted molar refractivity (Wildman–Crippen MR) is 41.4 cm³/mol. The summed E-state index contributed by atoms with van der Waals surface area (Å²) in [5.74, 6) is 0.843. The molecule has 0 saturated carbocycles. The molecular formula is C8H14N2. The Kier molecular flexibility index (Phi) is 1.53. The minimum Gasteiger partial charge on any atom is -0.389 e. The quantitative estimate of drug-likeness (QED) is 0.518. The normalized spacial score (nSPS) is 31.2. The lowest BCUT2D eigenvalue weighted by molar-refractivity contribution is 0.396. The van der Waals surface area contributed by atoms with E-state index in [9.17, 15) is 0 Å². The molecule has 0 spiro atoms. The van der Waals surface area contributed by atoms with Gasteiger partial charge in [0.25, 0.3) is 0 Å². The second kappa shape index (κ2) is 2.52. The molecule has 2 aliphatic heterocycles. The number of fused-ring (bicyclic) bond motifs is 1. The van der Waals surface area contributed by atoms with Crippen molar-refractivity contribution in [3.63, 3.8) is 0 Å². The first-order chi connectivity index (χ1) is 4.97. The average Bonchev–Trinajstić information content (AvgIpc) is 2.05. The van der Waals surface area contributed by atoms with Gasteiger partial charge in [0.1, 0.15) is 0 Å². The lowest BCUT2D eigenvalue weighted by atomic mass is 9.91. The van der Waals surface area contributed by atoms with Crippen molar-refractivity contribution in [1.29, 1.82) is 0 Å². The molecule has 1 atom stereocenters. The summed E-state index contributed by atoms with van der Waals surface area (Å²) in [7, 11) is 0. The zero-order chi connectivity index (χ0) is 6.81. The Hall–Kier alpha value is -0.660. The van der Waals surface area contributed by atoms with Gasteiger partial charge in [-0.25, -0.2) is 0 Å². The molecule has 56 valence electrons. The van der Waals surface area contributed by atoms with Crippen LogP contribution in [0.1, 0.15) is 19.3 Å². The minimum atomic E-state index is 0.843. The molecule has 0 amide bonds. The highest BCUT2D eigenvalue weighted by Crippen LogP contribution is 2.23. The zero-order valence-corrected chi connectivity index (χ0v) is 6.19. The molecule has 0 aromatic rings. The van der Waals surface area contributed by atoms with Crippen molar-refractivity contribution in [2.24, 2.45) is 5.92 Å². The Morgan fingerprint density at radius 2 is 2.30 bits per heavy atom. The van der Waals surface area contributed by atoms with Gasteiger partial charge in [-0.3, -0.25) is 0 Å². The van der Waals surface area contributed by atoms with Gasteiger partial charge in [0.15, 0.2) is 0 Å². The van der Waals surface area contributed by atoms with Crippen LogP contribution in [0.15, 0.2) is 11.9 Å². The standard InChI is InChI=1S/C8H14N2/c1-2-7-3-5-9-6-8(7)10-4-1/h6-7,9-10H,1-5H2. The van der Waals surface area contributed by atoms with Crippen LogP contribution in [-0.4, -0.2) is 13.1 Å². The van der Waals surface area contributed by atoms with E-state index in [0.717, 1.165) is 12.5 Å². The number of hydrogen-bond acceptors (Lipinski definition) is 2. The van der Waals surface area contributed by atoms with E-state index < -0.39 is 0 Å². The fourth-order valence-corrected chi connectivity index (χ4v) is 1.79. The molecule has 0 bridgehead atoms. The van der Waals surface area contributed by atoms with Crippen LogP contribution < -0.4 is 10.6 Å². The molecule has 1 unspecified atom stereocenters. The highest BCUT2D eigenvalue weighted by atomic mass is 15.0. The Balaban J connectivity index is 2.08. The van der Waals surface area contributed by atoms with E-state index in [2.05, 4.69) is 16.8 Å². The first-order valence-electron chi connectivity index (χ1n) is 4.14. The Morgan fingerprint density at radius 1 is 1.30 bits per heavy atom. The van der Waals surface area contributed by atoms with E-state index in [1.165, 1.54) is 31.5 Å². The number of nitrogens with one attached hydrogen (secondary N) is 2. The highest BCUT2D eigenvalue weighted by molar-refractivity contribution is 5.08. The monoisotopic (exact) mass is 138 g/mol. The minimum absolute atomic E-state index is 0.843. The van der Waals surface area contributed by atoms with Crippen molar-refractivity contribution in [3.05, 3.63) is 11.9 Å². The maximum absolute atomic E-state index is 3.42. The molecule has 2 nitrogen and oxygen atoms in total. The summed E-state index contributed by atoms with van der Waals surface area (Å²) in [6.07, 6.45) is 6.20. The fourth-order valence-electron chi connectivity index (χ4n) is 1.79. The predicted octanol–water partition coefficient (Wildman–Crippen LogP) is 0.821. The molecule has 2 N–H and O–H groups in total. The van der Waals surface area contributed by atoms with Gasteiger partial charge in [-0.2, -0.15) is 0 Å². The first-order valence-corrected chi connectivity index (χ1v) is 4.14. The van der Waals surface area contributed by atoms with Crippen molar-refractivity contribution < 1.29 is 0 Å². The Labute approximate surface area is 61.7 Å². The van der Waals surface area contributed by atoms with Crippen LogP contribution >= 0.6 is 0 Å². The van der Waals surface area contributed by atoms with E-state index in [-0.39, 0.29) is 0 Å². The number of rotatable bonds is 0. The molecule has 0 radical (unpaired) electrons. The number of allylic oxidation sites excluding steroid dienone is 1. The van der Waals surface area contributed by atoms with Gasteiger partial charge in [0, 0.05) is 30.9 Å². The van der Waals surface area contributed by atoms with Gasteiger partial charge in [-0.05, 0) is 19.3 Å². The van der Waals surface area contributed by atoms with Gasteiger partial charge in [-0.1, -0.05) is 0 Å². The molecule has 2 aliphatic rings. The number of hydrogen-bond donors (Lipinski definition) is 2. The summed E-state index contributed by atoms with van der Waals surface area (Å²) < 4.78 is 0. The summed E-state index contributed by atoms with van der Waals surface area (Å²) in [5, 5.41) is 6.68. The molecule has 1 fully saturated rings. The van der Waals surface area contributed by atoms with E-state index >= 15 is 0 Å². The zero-order valence-electron chi connectivity index (χ0n) is 6.19. The van der Waals surface area contributed by atoms with Crippen molar-refractivity contribution in [2.45, 2.75) is 19.3 Å². The Morgan fingerprint density at radius 3 is 3.20 bits per heavy atom. The van der Waals surface area contributed by atoms with Crippen molar-refractivity contribution in [3.8, 4) is 0 Å².